The summed E-state index contributed by atoms with van der Waals surface area (Å²) >= 11 is 12.1. The van der Waals surface area contributed by atoms with E-state index in [1.165, 1.54) is 41.3 Å². The third kappa shape index (κ3) is 5.26. The molecule has 0 aliphatic carbocycles. The molecule has 1 heterocycles. The second-order valence-electron chi connectivity index (χ2n) is 7.42. The van der Waals surface area contributed by atoms with Gasteiger partial charge in [-0.1, -0.05) is 52.6 Å². The van der Waals surface area contributed by atoms with E-state index in [4.69, 9.17) is 28.0 Å². The summed E-state index contributed by atoms with van der Waals surface area (Å²) in [6, 6.07) is 16.6. The maximum absolute atomic E-state index is 13.7. The molecule has 1 atom stereocenters. The highest BCUT2D eigenvalue weighted by atomic mass is 35.5. The van der Waals surface area contributed by atoms with Crippen molar-refractivity contribution in [2.75, 3.05) is 6.54 Å². The molecule has 1 aliphatic heterocycles. The predicted octanol–water partition coefficient (Wildman–Crippen LogP) is 6.11. The summed E-state index contributed by atoms with van der Waals surface area (Å²) < 4.78 is 27.4. The number of hydrogen-bond donors (Lipinski definition) is 0. The standard InChI is InChI=1S/C24H18Cl2F2N2O2/c25-21-8-7-16(11-22(21)26)23-12-20(32-29-23)14-30(13-15-3-1-5-18(27)9-15)24(31)17-4-2-6-19(28)10-17/h1-11,20H,12-14H2. The second kappa shape index (κ2) is 9.67. The molecule has 164 valence electrons. The van der Waals surface area contributed by atoms with Gasteiger partial charge in [0.25, 0.3) is 5.91 Å². The van der Waals surface area contributed by atoms with Gasteiger partial charge >= 0.3 is 0 Å². The molecule has 0 bridgehead atoms. The summed E-state index contributed by atoms with van der Waals surface area (Å²) in [4.78, 5) is 20.2. The van der Waals surface area contributed by atoms with Gasteiger partial charge in [-0.2, -0.15) is 0 Å². The van der Waals surface area contributed by atoms with Crippen molar-refractivity contribution in [3.8, 4) is 0 Å². The van der Waals surface area contributed by atoms with E-state index in [0.717, 1.165) is 5.56 Å². The number of carbonyl (C=O) groups excluding carboxylic acids is 1. The number of carbonyl (C=O) groups is 1. The highest BCUT2D eigenvalue weighted by molar-refractivity contribution is 6.42. The van der Waals surface area contributed by atoms with Gasteiger partial charge in [0.05, 0.1) is 22.3 Å². The molecule has 0 aromatic heterocycles. The average molecular weight is 475 g/mol. The Morgan fingerprint density at radius 3 is 2.47 bits per heavy atom. The van der Waals surface area contributed by atoms with Crippen molar-refractivity contribution in [1.82, 2.24) is 4.90 Å². The first-order valence-corrected chi connectivity index (χ1v) is 10.6. The molecule has 32 heavy (non-hydrogen) atoms. The molecule has 3 aromatic carbocycles. The maximum Gasteiger partial charge on any atom is 0.254 e. The molecule has 3 aromatic rings. The highest BCUT2D eigenvalue weighted by Gasteiger charge is 2.28. The lowest BCUT2D eigenvalue weighted by atomic mass is 10.0. The lowest BCUT2D eigenvalue weighted by molar-refractivity contribution is 0.0404. The van der Waals surface area contributed by atoms with Gasteiger partial charge in [-0.25, -0.2) is 8.78 Å². The molecule has 1 unspecified atom stereocenters. The Morgan fingerprint density at radius 2 is 1.75 bits per heavy atom. The molecule has 0 radical (unpaired) electrons. The Kier molecular flexibility index (Phi) is 6.72. The zero-order valence-corrected chi connectivity index (χ0v) is 18.3. The molecule has 4 rings (SSSR count). The number of oxime groups is 1. The summed E-state index contributed by atoms with van der Waals surface area (Å²) in [7, 11) is 0. The third-order valence-electron chi connectivity index (χ3n) is 5.03. The minimum atomic E-state index is -0.510. The van der Waals surface area contributed by atoms with Gasteiger partial charge in [0.2, 0.25) is 0 Å². The minimum Gasteiger partial charge on any atom is -0.390 e. The summed E-state index contributed by atoms with van der Waals surface area (Å²) in [5, 5.41) is 4.98. The molecule has 0 fully saturated rings. The van der Waals surface area contributed by atoms with E-state index >= 15 is 0 Å². The van der Waals surface area contributed by atoms with Crippen LogP contribution in [-0.4, -0.2) is 29.2 Å². The van der Waals surface area contributed by atoms with Crippen LogP contribution in [0.25, 0.3) is 0 Å². The van der Waals surface area contributed by atoms with Crippen LogP contribution < -0.4 is 0 Å². The maximum atomic E-state index is 13.7. The van der Waals surface area contributed by atoms with Crippen LogP contribution in [0.15, 0.2) is 71.9 Å². The molecule has 0 N–H and O–H groups in total. The van der Waals surface area contributed by atoms with Crippen molar-refractivity contribution < 1.29 is 18.4 Å². The summed E-state index contributed by atoms with van der Waals surface area (Å²) in [5.41, 5.74) is 2.26. The van der Waals surface area contributed by atoms with Gasteiger partial charge in [0, 0.05) is 24.1 Å². The van der Waals surface area contributed by atoms with Crippen molar-refractivity contribution in [2.24, 2.45) is 5.16 Å². The van der Waals surface area contributed by atoms with Gasteiger partial charge < -0.3 is 9.74 Å². The summed E-state index contributed by atoms with van der Waals surface area (Å²) in [6.45, 7) is 0.315. The Labute approximate surface area is 194 Å². The van der Waals surface area contributed by atoms with Crippen molar-refractivity contribution in [3.63, 3.8) is 0 Å². The lowest BCUT2D eigenvalue weighted by Gasteiger charge is -2.25. The molecule has 0 saturated carbocycles. The first kappa shape index (κ1) is 22.2. The van der Waals surface area contributed by atoms with Crippen molar-refractivity contribution in [1.29, 1.82) is 0 Å². The van der Waals surface area contributed by atoms with Crippen LogP contribution in [0.2, 0.25) is 10.0 Å². The zero-order chi connectivity index (χ0) is 22.7. The molecule has 0 saturated heterocycles. The number of benzene rings is 3. The third-order valence-corrected chi connectivity index (χ3v) is 5.77. The normalized spacial score (nSPS) is 15.2. The van der Waals surface area contributed by atoms with E-state index in [2.05, 4.69) is 5.16 Å². The largest absolute Gasteiger partial charge is 0.390 e. The summed E-state index contributed by atoms with van der Waals surface area (Å²) in [5.74, 6) is -1.30. The molecule has 0 spiro atoms. The lowest BCUT2D eigenvalue weighted by Crippen LogP contribution is -2.37. The monoisotopic (exact) mass is 474 g/mol. The zero-order valence-electron chi connectivity index (χ0n) is 16.8. The number of amides is 1. The molecule has 4 nitrogen and oxygen atoms in total. The Hall–Kier alpha value is -2.96. The van der Waals surface area contributed by atoms with Gasteiger partial charge in [0.1, 0.15) is 11.6 Å². The van der Waals surface area contributed by atoms with Gasteiger partial charge in [-0.05, 0) is 48.0 Å². The Bertz CT molecular complexity index is 1190. The number of halogens is 4. The Morgan fingerprint density at radius 1 is 1.00 bits per heavy atom. The van der Waals surface area contributed by atoms with E-state index in [-0.39, 0.29) is 24.6 Å². The van der Waals surface area contributed by atoms with Crippen molar-refractivity contribution in [3.05, 3.63) is 105 Å². The Balaban J connectivity index is 1.52. The first-order valence-electron chi connectivity index (χ1n) is 9.86. The predicted molar refractivity (Wildman–Crippen MR) is 120 cm³/mol. The fourth-order valence-electron chi connectivity index (χ4n) is 3.50. The van der Waals surface area contributed by atoms with Crippen LogP contribution in [0.3, 0.4) is 0 Å². The van der Waals surface area contributed by atoms with Crippen LogP contribution in [0, 0.1) is 11.6 Å². The van der Waals surface area contributed by atoms with E-state index in [9.17, 15) is 13.6 Å². The van der Waals surface area contributed by atoms with Crippen molar-refractivity contribution >= 4 is 34.8 Å². The minimum absolute atomic E-state index is 0.134. The average Bonchev–Trinajstić information content (AvgIpc) is 3.23. The highest BCUT2D eigenvalue weighted by Crippen LogP contribution is 2.26. The number of nitrogens with zero attached hydrogens (tertiary/aromatic N) is 2. The molecule has 1 amide bonds. The van der Waals surface area contributed by atoms with Gasteiger partial charge in [0.15, 0.2) is 6.10 Å². The van der Waals surface area contributed by atoms with E-state index in [1.807, 2.05) is 0 Å². The van der Waals surface area contributed by atoms with Gasteiger partial charge in [-0.15, -0.1) is 0 Å². The fourth-order valence-corrected chi connectivity index (χ4v) is 3.80. The fraction of sp³-hybridized carbons (Fsp3) is 0.167. The van der Waals surface area contributed by atoms with E-state index in [0.29, 0.717) is 27.7 Å². The quantitative estimate of drug-likeness (QED) is 0.432. The second-order valence-corrected chi connectivity index (χ2v) is 8.24. The molecule has 1 aliphatic rings. The molecule has 8 heteroatoms. The molecular formula is C24H18Cl2F2N2O2. The van der Waals surface area contributed by atoms with E-state index in [1.54, 1.807) is 30.3 Å². The SMILES string of the molecule is O=C(c1cccc(F)c1)N(Cc1cccc(F)c1)CC1CC(c2ccc(Cl)c(Cl)c2)=NO1. The van der Waals surface area contributed by atoms with Crippen LogP contribution in [0.5, 0.6) is 0 Å². The smallest absolute Gasteiger partial charge is 0.254 e. The van der Waals surface area contributed by atoms with Crippen LogP contribution in [-0.2, 0) is 11.4 Å². The number of hydrogen-bond acceptors (Lipinski definition) is 3. The topological polar surface area (TPSA) is 41.9 Å². The van der Waals surface area contributed by atoms with E-state index < -0.39 is 17.7 Å². The van der Waals surface area contributed by atoms with Crippen LogP contribution >= 0.6 is 23.2 Å². The molecular weight excluding hydrogens is 457 g/mol. The first-order chi connectivity index (χ1) is 15.4. The summed E-state index contributed by atoms with van der Waals surface area (Å²) in [6.07, 6.45) is 0.0131. The number of rotatable bonds is 6. The van der Waals surface area contributed by atoms with Crippen LogP contribution in [0.1, 0.15) is 27.9 Å². The van der Waals surface area contributed by atoms with Gasteiger partial charge in [-0.3, -0.25) is 4.79 Å². The van der Waals surface area contributed by atoms with Crippen LogP contribution in [0.4, 0.5) is 8.78 Å². The van der Waals surface area contributed by atoms with Crippen molar-refractivity contribution in [2.45, 2.75) is 19.1 Å².